The first-order valence-corrected chi connectivity index (χ1v) is 7.25. The Morgan fingerprint density at radius 2 is 2.31 bits per heavy atom. The van der Waals surface area contributed by atoms with Crippen molar-refractivity contribution in [1.82, 2.24) is 10.6 Å². The maximum absolute atomic E-state index is 11.7. The van der Waals surface area contributed by atoms with Gasteiger partial charge in [-0.25, -0.2) is 0 Å². The van der Waals surface area contributed by atoms with Crippen LogP contribution in [0.5, 0.6) is 0 Å². The van der Waals surface area contributed by atoms with Crippen LogP contribution in [0.1, 0.15) is 39.5 Å². The normalized spacial score (nSPS) is 31.4. The first kappa shape index (κ1) is 12.2. The third-order valence-electron chi connectivity index (χ3n) is 3.40. The van der Waals surface area contributed by atoms with Gasteiger partial charge in [-0.05, 0) is 45.3 Å². The molecule has 2 N–H and O–H groups in total. The molecule has 1 saturated carbocycles. The highest BCUT2D eigenvalue weighted by atomic mass is 32.2. The van der Waals surface area contributed by atoms with Crippen molar-refractivity contribution in [3.63, 3.8) is 0 Å². The zero-order valence-corrected chi connectivity index (χ0v) is 11.0. The van der Waals surface area contributed by atoms with Crippen LogP contribution in [-0.2, 0) is 4.79 Å². The fraction of sp³-hybridized carbons (Fsp3) is 0.917. The monoisotopic (exact) mass is 242 g/mol. The molecule has 0 radical (unpaired) electrons. The summed E-state index contributed by atoms with van der Waals surface area (Å²) in [5.41, 5.74) is 0. The van der Waals surface area contributed by atoms with Crippen LogP contribution in [0.25, 0.3) is 0 Å². The van der Waals surface area contributed by atoms with E-state index in [1.165, 1.54) is 18.6 Å². The van der Waals surface area contributed by atoms with Gasteiger partial charge in [-0.1, -0.05) is 0 Å². The number of carbonyl (C=O) groups excluding carboxylic acids is 1. The molecule has 1 aliphatic carbocycles. The lowest BCUT2D eigenvalue weighted by Gasteiger charge is -2.25. The van der Waals surface area contributed by atoms with Crippen molar-refractivity contribution in [3.05, 3.63) is 0 Å². The molecule has 92 valence electrons. The molecule has 1 saturated heterocycles. The van der Waals surface area contributed by atoms with Gasteiger partial charge in [0.05, 0.1) is 6.04 Å². The molecule has 2 fully saturated rings. The van der Waals surface area contributed by atoms with Crippen LogP contribution in [0.15, 0.2) is 0 Å². The average Bonchev–Trinajstić information content (AvgIpc) is 2.96. The summed E-state index contributed by atoms with van der Waals surface area (Å²) in [7, 11) is 0. The topological polar surface area (TPSA) is 41.1 Å². The highest BCUT2D eigenvalue weighted by molar-refractivity contribution is 8.00. The summed E-state index contributed by atoms with van der Waals surface area (Å²) in [4.78, 5) is 11.7. The molecule has 0 bridgehead atoms. The smallest absolute Gasteiger partial charge is 0.237 e. The summed E-state index contributed by atoms with van der Waals surface area (Å²) in [5, 5.41) is 6.40. The first-order chi connectivity index (χ1) is 7.59. The van der Waals surface area contributed by atoms with Crippen LogP contribution in [0.3, 0.4) is 0 Å². The molecule has 0 aromatic heterocycles. The molecule has 2 rings (SSSR count). The predicted molar refractivity (Wildman–Crippen MR) is 68.7 cm³/mol. The molecule has 0 aromatic carbocycles. The Morgan fingerprint density at radius 3 is 2.88 bits per heavy atom. The van der Waals surface area contributed by atoms with Crippen molar-refractivity contribution in [2.45, 2.75) is 56.4 Å². The Hall–Kier alpha value is -0.220. The fourth-order valence-electron chi connectivity index (χ4n) is 1.99. The number of amides is 1. The lowest BCUT2D eigenvalue weighted by Crippen LogP contribution is -2.47. The van der Waals surface area contributed by atoms with E-state index < -0.39 is 0 Å². The number of hydrogen-bond donors (Lipinski definition) is 2. The van der Waals surface area contributed by atoms with Gasteiger partial charge in [-0.3, -0.25) is 4.79 Å². The van der Waals surface area contributed by atoms with E-state index >= 15 is 0 Å². The van der Waals surface area contributed by atoms with Gasteiger partial charge in [0, 0.05) is 17.3 Å². The van der Waals surface area contributed by atoms with E-state index in [0.29, 0.717) is 10.8 Å². The summed E-state index contributed by atoms with van der Waals surface area (Å²) < 4.78 is 0.341. The van der Waals surface area contributed by atoms with Crippen LogP contribution in [0.4, 0.5) is 0 Å². The van der Waals surface area contributed by atoms with Crippen molar-refractivity contribution < 1.29 is 4.79 Å². The molecule has 0 spiro atoms. The van der Waals surface area contributed by atoms with E-state index in [9.17, 15) is 4.79 Å². The van der Waals surface area contributed by atoms with Crippen LogP contribution < -0.4 is 10.6 Å². The van der Waals surface area contributed by atoms with Crippen molar-refractivity contribution >= 4 is 17.7 Å². The van der Waals surface area contributed by atoms with Crippen molar-refractivity contribution in [3.8, 4) is 0 Å². The van der Waals surface area contributed by atoms with E-state index in [1.54, 1.807) is 0 Å². The molecule has 2 unspecified atom stereocenters. The number of hydrogen-bond acceptors (Lipinski definition) is 3. The lowest BCUT2D eigenvalue weighted by molar-refractivity contribution is -0.122. The Balaban J connectivity index is 1.69. The summed E-state index contributed by atoms with van der Waals surface area (Å²) in [6.45, 7) is 5.20. The molecule has 2 atom stereocenters. The van der Waals surface area contributed by atoms with Crippen LogP contribution in [0, 0.1) is 0 Å². The third kappa shape index (κ3) is 3.39. The molecule has 0 aromatic rings. The Morgan fingerprint density at radius 1 is 1.56 bits per heavy atom. The maximum atomic E-state index is 11.7. The van der Waals surface area contributed by atoms with Gasteiger partial charge in [0.25, 0.3) is 0 Å². The summed E-state index contributed by atoms with van der Waals surface area (Å²) in [6.07, 6.45) is 4.89. The van der Waals surface area contributed by atoms with Gasteiger partial charge in [0.2, 0.25) is 5.91 Å². The van der Waals surface area contributed by atoms with Gasteiger partial charge in [0.15, 0.2) is 0 Å². The van der Waals surface area contributed by atoms with E-state index in [4.69, 9.17) is 0 Å². The molecular formula is C12H22N2OS. The number of rotatable bonds is 5. The average molecular weight is 242 g/mol. The Kier molecular flexibility index (Phi) is 3.80. The minimum atomic E-state index is -0.0568. The molecule has 1 heterocycles. The number of carbonyl (C=O) groups is 1. The minimum Gasteiger partial charge on any atom is -0.352 e. The molecule has 4 heteroatoms. The van der Waals surface area contributed by atoms with E-state index in [-0.39, 0.29) is 11.9 Å². The molecule has 1 amide bonds. The van der Waals surface area contributed by atoms with Crippen LogP contribution >= 0.6 is 11.8 Å². The fourth-order valence-corrected chi connectivity index (χ4v) is 3.25. The standard InChI is InChI=1S/C12H22N2OS/c1-9(11(15)14-10-4-5-10)13-8-12(2)6-3-7-16-12/h9-10,13H,3-8H2,1-2H3,(H,14,15). The molecular weight excluding hydrogens is 220 g/mol. The Labute approximate surface area is 102 Å². The first-order valence-electron chi connectivity index (χ1n) is 6.27. The van der Waals surface area contributed by atoms with Crippen molar-refractivity contribution in [1.29, 1.82) is 0 Å². The third-order valence-corrected chi connectivity index (χ3v) is 4.94. The minimum absolute atomic E-state index is 0.0568. The lowest BCUT2D eigenvalue weighted by atomic mass is 10.1. The highest BCUT2D eigenvalue weighted by Crippen LogP contribution is 2.37. The van der Waals surface area contributed by atoms with E-state index in [2.05, 4.69) is 17.6 Å². The van der Waals surface area contributed by atoms with Crippen LogP contribution in [0.2, 0.25) is 0 Å². The van der Waals surface area contributed by atoms with Gasteiger partial charge in [-0.15, -0.1) is 0 Å². The van der Waals surface area contributed by atoms with E-state index in [1.807, 2.05) is 18.7 Å². The predicted octanol–water partition coefficient (Wildman–Crippen LogP) is 1.53. The van der Waals surface area contributed by atoms with Crippen molar-refractivity contribution in [2.24, 2.45) is 0 Å². The maximum Gasteiger partial charge on any atom is 0.237 e. The molecule has 16 heavy (non-hydrogen) atoms. The summed E-state index contributed by atoms with van der Waals surface area (Å²) >= 11 is 2.03. The highest BCUT2D eigenvalue weighted by Gasteiger charge is 2.31. The second kappa shape index (κ2) is 4.96. The number of nitrogens with one attached hydrogen (secondary N) is 2. The van der Waals surface area contributed by atoms with Crippen molar-refractivity contribution in [2.75, 3.05) is 12.3 Å². The quantitative estimate of drug-likeness (QED) is 0.768. The molecule has 3 nitrogen and oxygen atoms in total. The second-order valence-electron chi connectivity index (χ2n) is 5.29. The molecule has 1 aliphatic heterocycles. The van der Waals surface area contributed by atoms with Gasteiger partial charge in [-0.2, -0.15) is 11.8 Å². The molecule has 2 aliphatic rings. The van der Waals surface area contributed by atoms with E-state index in [0.717, 1.165) is 19.4 Å². The largest absolute Gasteiger partial charge is 0.352 e. The van der Waals surface area contributed by atoms with Gasteiger partial charge in [0.1, 0.15) is 0 Å². The Bertz CT molecular complexity index is 260. The zero-order chi connectivity index (χ0) is 11.6. The second-order valence-corrected chi connectivity index (χ2v) is 6.97. The number of thioether (sulfide) groups is 1. The van der Waals surface area contributed by atoms with Gasteiger partial charge >= 0.3 is 0 Å². The summed E-state index contributed by atoms with van der Waals surface area (Å²) in [6, 6.07) is 0.409. The van der Waals surface area contributed by atoms with Gasteiger partial charge < -0.3 is 10.6 Å². The SMILES string of the molecule is CC(NCC1(C)CCCS1)C(=O)NC1CC1. The zero-order valence-electron chi connectivity index (χ0n) is 10.2. The summed E-state index contributed by atoms with van der Waals surface area (Å²) in [5.74, 6) is 1.43. The van der Waals surface area contributed by atoms with Crippen LogP contribution in [-0.4, -0.2) is 35.0 Å².